The third-order valence-corrected chi connectivity index (χ3v) is 3.11. The molecule has 0 aromatic rings. The van der Waals surface area contributed by atoms with Crippen molar-refractivity contribution in [3.63, 3.8) is 0 Å². The number of alkyl halides is 1. The van der Waals surface area contributed by atoms with Gasteiger partial charge >= 0.3 is 5.97 Å². The smallest absolute Gasteiger partial charge is 0.314 e. The van der Waals surface area contributed by atoms with E-state index in [0.29, 0.717) is 17.5 Å². The summed E-state index contributed by atoms with van der Waals surface area (Å²) >= 11 is 3.21. The summed E-state index contributed by atoms with van der Waals surface area (Å²) in [6.07, 6.45) is 5.59. The quantitative estimate of drug-likeness (QED) is 0.775. The number of hydrogen-bond acceptors (Lipinski definition) is 2. The predicted molar refractivity (Wildman–Crippen MR) is 52.7 cm³/mol. The van der Waals surface area contributed by atoms with Gasteiger partial charge in [-0.15, -0.1) is 0 Å². The molecule has 0 saturated carbocycles. The maximum absolute atomic E-state index is 11.0. The van der Waals surface area contributed by atoms with E-state index in [-0.39, 0.29) is 0 Å². The highest BCUT2D eigenvalue weighted by Crippen LogP contribution is 2.33. The third-order valence-electron chi connectivity index (χ3n) is 2.11. The highest BCUT2D eigenvalue weighted by Gasteiger charge is 2.37. The molecule has 4 heteroatoms. The predicted octanol–water partition coefficient (Wildman–Crippen LogP) is 1.94. The number of carboxylic acids is 1. The van der Waals surface area contributed by atoms with Gasteiger partial charge in [-0.25, -0.2) is 0 Å². The van der Waals surface area contributed by atoms with E-state index in [4.69, 9.17) is 9.84 Å². The fourth-order valence-electron chi connectivity index (χ4n) is 1.20. The molecule has 0 bridgehead atoms. The van der Waals surface area contributed by atoms with Crippen LogP contribution >= 0.6 is 15.9 Å². The van der Waals surface area contributed by atoms with Gasteiger partial charge in [0.2, 0.25) is 0 Å². The molecule has 0 aromatic carbocycles. The van der Waals surface area contributed by atoms with E-state index in [9.17, 15) is 4.79 Å². The van der Waals surface area contributed by atoms with Crippen LogP contribution in [0, 0.1) is 5.41 Å². The van der Waals surface area contributed by atoms with E-state index < -0.39 is 11.4 Å². The molecule has 1 unspecified atom stereocenters. The SMILES string of the molecule is COC1=CC=CC(CBr)(C(=O)O)C1. The second-order valence-electron chi connectivity index (χ2n) is 2.97. The zero-order valence-corrected chi connectivity index (χ0v) is 8.87. The van der Waals surface area contributed by atoms with Gasteiger partial charge in [-0.1, -0.05) is 28.1 Å². The van der Waals surface area contributed by atoms with Crippen molar-refractivity contribution < 1.29 is 14.6 Å². The Balaban J connectivity index is 2.89. The Kier molecular flexibility index (Phi) is 3.14. The van der Waals surface area contributed by atoms with Gasteiger partial charge in [0.15, 0.2) is 0 Å². The molecule has 0 radical (unpaired) electrons. The highest BCUT2D eigenvalue weighted by molar-refractivity contribution is 9.09. The Bertz CT molecular complexity index is 270. The topological polar surface area (TPSA) is 46.5 Å². The van der Waals surface area contributed by atoms with Gasteiger partial charge in [-0.2, -0.15) is 0 Å². The van der Waals surface area contributed by atoms with Crippen molar-refractivity contribution in [2.45, 2.75) is 6.42 Å². The van der Waals surface area contributed by atoms with Crippen molar-refractivity contribution in [3.8, 4) is 0 Å². The number of hydrogen-bond donors (Lipinski definition) is 1. The maximum Gasteiger partial charge on any atom is 0.314 e. The van der Waals surface area contributed by atoms with Crippen LogP contribution in [0.2, 0.25) is 0 Å². The lowest BCUT2D eigenvalue weighted by molar-refractivity contribution is -0.145. The normalized spacial score (nSPS) is 26.8. The Morgan fingerprint density at radius 2 is 2.54 bits per heavy atom. The number of carbonyl (C=O) groups is 1. The van der Waals surface area contributed by atoms with Crippen LogP contribution in [0.25, 0.3) is 0 Å². The number of aliphatic carboxylic acids is 1. The Hall–Kier alpha value is -0.770. The summed E-state index contributed by atoms with van der Waals surface area (Å²) in [6, 6.07) is 0. The highest BCUT2D eigenvalue weighted by atomic mass is 79.9. The van der Waals surface area contributed by atoms with Crippen LogP contribution < -0.4 is 0 Å². The number of allylic oxidation sites excluding steroid dienone is 3. The van der Waals surface area contributed by atoms with Crippen LogP contribution in [-0.2, 0) is 9.53 Å². The second-order valence-corrected chi connectivity index (χ2v) is 3.53. The Labute approximate surface area is 85.2 Å². The van der Waals surface area contributed by atoms with Crippen LogP contribution in [0.15, 0.2) is 24.0 Å². The summed E-state index contributed by atoms with van der Waals surface area (Å²) in [5.74, 6) is -0.132. The molecule has 0 fully saturated rings. The van der Waals surface area contributed by atoms with Gasteiger partial charge < -0.3 is 9.84 Å². The molecular weight excluding hydrogens is 236 g/mol. The first kappa shape index (κ1) is 10.3. The summed E-state index contributed by atoms with van der Waals surface area (Å²) in [5.41, 5.74) is -0.847. The molecule has 1 rings (SSSR count). The molecule has 1 aliphatic carbocycles. The number of methoxy groups -OCH3 is 1. The zero-order valence-electron chi connectivity index (χ0n) is 7.29. The fraction of sp³-hybridized carbons (Fsp3) is 0.444. The van der Waals surface area contributed by atoms with E-state index in [0.717, 1.165) is 0 Å². The van der Waals surface area contributed by atoms with E-state index in [1.54, 1.807) is 25.3 Å². The minimum atomic E-state index is -0.847. The number of rotatable bonds is 3. The van der Waals surface area contributed by atoms with Gasteiger partial charge in [-0.3, -0.25) is 4.79 Å². The molecule has 0 heterocycles. The molecule has 0 aromatic heterocycles. The summed E-state index contributed by atoms with van der Waals surface area (Å²) in [6.45, 7) is 0. The van der Waals surface area contributed by atoms with Gasteiger partial charge in [0.25, 0.3) is 0 Å². The van der Waals surface area contributed by atoms with Crippen molar-refractivity contribution in [2.75, 3.05) is 12.4 Å². The van der Waals surface area contributed by atoms with Crippen molar-refractivity contribution >= 4 is 21.9 Å². The van der Waals surface area contributed by atoms with E-state index in [2.05, 4.69) is 15.9 Å². The number of halogens is 1. The Morgan fingerprint density at radius 1 is 1.85 bits per heavy atom. The largest absolute Gasteiger partial charge is 0.501 e. The molecule has 1 N–H and O–H groups in total. The first-order chi connectivity index (χ1) is 6.14. The monoisotopic (exact) mass is 246 g/mol. The summed E-state index contributed by atoms with van der Waals surface area (Å²) in [4.78, 5) is 11.0. The lowest BCUT2D eigenvalue weighted by atomic mass is 9.83. The summed E-state index contributed by atoms with van der Waals surface area (Å²) in [7, 11) is 1.55. The van der Waals surface area contributed by atoms with Crippen LogP contribution in [0.3, 0.4) is 0 Å². The fourth-order valence-corrected chi connectivity index (χ4v) is 1.83. The minimum absolute atomic E-state index is 0.395. The van der Waals surface area contributed by atoms with Gasteiger partial charge in [-0.05, 0) is 6.08 Å². The zero-order chi connectivity index (χ0) is 9.90. The van der Waals surface area contributed by atoms with Gasteiger partial charge in [0, 0.05) is 11.8 Å². The van der Waals surface area contributed by atoms with Crippen LogP contribution in [0.5, 0.6) is 0 Å². The third kappa shape index (κ3) is 1.94. The van der Waals surface area contributed by atoms with Crippen LogP contribution in [-0.4, -0.2) is 23.5 Å². The Morgan fingerprint density at radius 3 is 3.00 bits per heavy atom. The molecule has 1 atom stereocenters. The van der Waals surface area contributed by atoms with E-state index in [1.165, 1.54) is 0 Å². The molecule has 0 amide bonds. The molecular formula is C9H11BrO3. The maximum atomic E-state index is 11.0. The lowest BCUT2D eigenvalue weighted by Crippen LogP contribution is -2.32. The molecule has 72 valence electrons. The molecule has 3 nitrogen and oxygen atoms in total. The van der Waals surface area contributed by atoms with Crippen molar-refractivity contribution in [1.82, 2.24) is 0 Å². The van der Waals surface area contributed by atoms with Gasteiger partial charge in [0.05, 0.1) is 12.9 Å². The van der Waals surface area contributed by atoms with E-state index >= 15 is 0 Å². The standard InChI is InChI=1S/C9H11BrO3/c1-13-7-3-2-4-9(5-7,6-10)8(11)12/h2-4H,5-6H2,1H3,(H,11,12). The molecule has 0 aliphatic heterocycles. The molecule has 13 heavy (non-hydrogen) atoms. The minimum Gasteiger partial charge on any atom is -0.501 e. The van der Waals surface area contributed by atoms with Crippen molar-refractivity contribution in [2.24, 2.45) is 5.41 Å². The van der Waals surface area contributed by atoms with Crippen LogP contribution in [0.1, 0.15) is 6.42 Å². The molecule has 0 spiro atoms. The van der Waals surface area contributed by atoms with Crippen molar-refractivity contribution in [1.29, 1.82) is 0 Å². The first-order valence-corrected chi connectivity index (χ1v) is 4.98. The molecule has 1 aliphatic rings. The molecule has 0 saturated heterocycles. The van der Waals surface area contributed by atoms with Crippen LogP contribution in [0.4, 0.5) is 0 Å². The number of carboxylic acid groups (broad SMARTS) is 1. The van der Waals surface area contributed by atoms with E-state index in [1.807, 2.05) is 0 Å². The van der Waals surface area contributed by atoms with Gasteiger partial charge in [0.1, 0.15) is 5.41 Å². The average molecular weight is 247 g/mol. The first-order valence-electron chi connectivity index (χ1n) is 3.86. The lowest BCUT2D eigenvalue weighted by Gasteiger charge is -2.26. The van der Waals surface area contributed by atoms with Crippen molar-refractivity contribution in [3.05, 3.63) is 24.0 Å². The summed E-state index contributed by atoms with van der Waals surface area (Å²) in [5, 5.41) is 9.43. The average Bonchev–Trinajstić information content (AvgIpc) is 2.17. The second kappa shape index (κ2) is 3.96. The number of ether oxygens (including phenoxy) is 1. The summed E-state index contributed by atoms with van der Waals surface area (Å²) < 4.78 is 5.02.